The summed E-state index contributed by atoms with van der Waals surface area (Å²) in [6, 6.07) is 0. The first-order valence-corrected chi connectivity index (χ1v) is 37.2. The number of phosphoric ester groups is 2. The van der Waals surface area contributed by atoms with Gasteiger partial charge in [-0.25, -0.2) is 9.13 Å². The fourth-order valence-electron chi connectivity index (χ4n) is 9.73. The number of ether oxygens (including phenoxy) is 4. The lowest BCUT2D eigenvalue weighted by Gasteiger charge is -2.21. The average Bonchev–Trinajstić information content (AvgIpc) is 3.60. The van der Waals surface area contributed by atoms with Gasteiger partial charge < -0.3 is 33.8 Å². The average molecular weight is 1240 g/mol. The molecule has 0 saturated carbocycles. The molecule has 0 rings (SSSR count). The molecule has 3 N–H and O–H groups in total. The fraction of sp³-hybridized carbons (Fsp3) is 0.938. The highest BCUT2D eigenvalue weighted by atomic mass is 31.2. The van der Waals surface area contributed by atoms with Gasteiger partial charge in [0.05, 0.1) is 26.4 Å². The molecule has 0 aromatic rings. The third-order valence-electron chi connectivity index (χ3n) is 15.4. The number of hydrogen-bond donors (Lipinski definition) is 3. The van der Waals surface area contributed by atoms with Crippen molar-refractivity contribution in [2.24, 2.45) is 5.92 Å². The number of phosphoric acid groups is 2. The molecule has 0 aromatic heterocycles. The molecule has 0 radical (unpaired) electrons. The largest absolute Gasteiger partial charge is 0.472 e. The Balaban J connectivity index is 5.18. The second kappa shape index (κ2) is 58.7. The van der Waals surface area contributed by atoms with E-state index in [-0.39, 0.29) is 25.7 Å². The van der Waals surface area contributed by atoms with Gasteiger partial charge in [0.2, 0.25) is 0 Å². The first-order chi connectivity index (χ1) is 40.6. The van der Waals surface area contributed by atoms with Crippen LogP contribution in [0.3, 0.4) is 0 Å². The smallest absolute Gasteiger partial charge is 0.462 e. The SMILES string of the molecule is CCCCCCCCCCCCCCCCC(=O)OC[C@H](COP(=O)(O)OC[C@@H](O)COP(=O)(O)OC[C@@H](COC(=O)CCCCCCC)OC(=O)CCCCCCCCCCCCC)OC(=O)CCCCCCCCCCCCC(C)CC. The molecule has 0 aliphatic heterocycles. The number of esters is 4. The molecule has 0 aliphatic rings. The van der Waals surface area contributed by atoms with E-state index in [0.29, 0.717) is 25.7 Å². The third-order valence-corrected chi connectivity index (χ3v) is 17.3. The Morgan fingerprint density at radius 3 is 0.845 bits per heavy atom. The molecule has 0 bridgehead atoms. The number of aliphatic hydroxyl groups excluding tert-OH is 1. The monoisotopic (exact) mass is 1240 g/mol. The maximum Gasteiger partial charge on any atom is 0.472 e. The van der Waals surface area contributed by atoms with Gasteiger partial charge in [-0.2, -0.15) is 0 Å². The van der Waals surface area contributed by atoms with Crippen molar-refractivity contribution in [3.8, 4) is 0 Å². The van der Waals surface area contributed by atoms with Crippen LogP contribution in [0.25, 0.3) is 0 Å². The quantitative estimate of drug-likeness (QED) is 0.0222. The summed E-state index contributed by atoms with van der Waals surface area (Å²) in [4.78, 5) is 72.0. The van der Waals surface area contributed by atoms with Crippen molar-refractivity contribution in [3.63, 3.8) is 0 Å². The maximum atomic E-state index is 13.0. The minimum atomic E-state index is -4.94. The van der Waals surface area contributed by atoms with Gasteiger partial charge >= 0.3 is 39.5 Å². The van der Waals surface area contributed by atoms with Crippen LogP contribution in [-0.2, 0) is 65.4 Å². The molecular formula is C65H126O17P2. The molecule has 84 heavy (non-hydrogen) atoms. The van der Waals surface area contributed by atoms with Crippen molar-refractivity contribution in [3.05, 3.63) is 0 Å². The van der Waals surface area contributed by atoms with Crippen molar-refractivity contribution in [1.82, 2.24) is 0 Å². The van der Waals surface area contributed by atoms with Crippen molar-refractivity contribution >= 4 is 39.5 Å². The summed E-state index contributed by atoms with van der Waals surface area (Å²) in [5, 5.41) is 10.5. The summed E-state index contributed by atoms with van der Waals surface area (Å²) in [6.45, 7) is 7.15. The summed E-state index contributed by atoms with van der Waals surface area (Å²) in [6.07, 6.45) is 43.2. The van der Waals surface area contributed by atoms with Crippen LogP contribution in [0.15, 0.2) is 0 Å². The number of aliphatic hydroxyl groups is 1. The van der Waals surface area contributed by atoms with Crippen LogP contribution in [0.4, 0.5) is 0 Å². The minimum Gasteiger partial charge on any atom is -0.462 e. The zero-order chi connectivity index (χ0) is 62.0. The van der Waals surface area contributed by atoms with E-state index in [1.165, 1.54) is 148 Å². The predicted molar refractivity (Wildman–Crippen MR) is 335 cm³/mol. The molecule has 0 saturated heterocycles. The van der Waals surface area contributed by atoms with Crippen molar-refractivity contribution in [2.75, 3.05) is 39.6 Å². The zero-order valence-corrected chi connectivity index (χ0v) is 55.8. The molecule has 0 heterocycles. The van der Waals surface area contributed by atoms with Gasteiger partial charge in [0.1, 0.15) is 19.3 Å². The third kappa shape index (κ3) is 57.8. The molecule has 17 nitrogen and oxygen atoms in total. The number of unbranched alkanes of at least 4 members (excludes halogenated alkanes) is 36. The lowest BCUT2D eigenvalue weighted by Crippen LogP contribution is -2.30. The van der Waals surface area contributed by atoms with Gasteiger partial charge in [-0.05, 0) is 31.6 Å². The van der Waals surface area contributed by atoms with Crippen molar-refractivity contribution in [1.29, 1.82) is 0 Å². The van der Waals surface area contributed by atoms with Gasteiger partial charge in [0.25, 0.3) is 0 Å². The van der Waals surface area contributed by atoms with Crippen LogP contribution >= 0.6 is 15.6 Å². The first kappa shape index (κ1) is 82.1. The lowest BCUT2D eigenvalue weighted by molar-refractivity contribution is -0.161. The minimum absolute atomic E-state index is 0.106. The Morgan fingerprint density at radius 2 is 0.571 bits per heavy atom. The Bertz CT molecular complexity index is 1640. The molecule has 0 fully saturated rings. The van der Waals surface area contributed by atoms with Gasteiger partial charge in [-0.15, -0.1) is 0 Å². The molecule has 6 atom stereocenters. The maximum absolute atomic E-state index is 13.0. The molecule has 19 heteroatoms. The van der Waals surface area contributed by atoms with Gasteiger partial charge in [-0.3, -0.25) is 37.3 Å². The molecule has 0 spiro atoms. The summed E-state index contributed by atoms with van der Waals surface area (Å²) >= 11 is 0. The van der Waals surface area contributed by atoms with E-state index >= 15 is 0 Å². The predicted octanol–water partition coefficient (Wildman–Crippen LogP) is 18.2. The summed E-state index contributed by atoms with van der Waals surface area (Å²) in [7, 11) is -9.88. The highest BCUT2D eigenvalue weighted by Gasteiger charge is 2.30. The van der Waals surface area contributed by atoms with Crippen LogP contribution in [0.2, 0.25) is 0 Å². The lowest BCUT2D eigenvalue weighted by atomic mass is 9.99. The van der Waals surface area contributed by atoms with Gasteiger partial charge in [0, 0.05) is 25.7 Å². The molecule has 3 unspecified atom stereocenters. The number of carbonyl (C=O) groups excluding carboxylic acids is 4. The van der Waals surface area contributed by atoms with E-state index < -0.39 is 97.5 Å². The van der Waals surface area contributed by atoms with E-state index in [1.807, 2.05) is 0 Å². The topological polar surface area (TPSA) is 237 Å². The highest BCUT2D eigenvalue weighted by molar-refractivity contribution is 7.47. The summed E-state index contributed by atoms with van der Waals surface area (Å²) in [5.41, 5.74) is 0. The van der Waals surface area contributed by atoms with Crippen LogP contribution in [-0.4, -0.2) is 96.7 Å². The Hall–Kier alpha value is -1.94. The molecular weight excluding hydrogens is 1110 g/mol. The van der Waals surface area contributed by atoms with Crippen LogP contribution in [0.5, 0.6) is 0 Å². The van der Waals surface area contributed by atoms with E-state index in [2.05, 4.69) is 34.6 Å². The Kier molecular flexibility index (Phi) is 57.4. The molecule has 498 valence electrons. The van der Waals surface area contributed by atoms with Gasteiger partial charge in [0.15, 0.2) is 12.2 Å². The Morgan fingerprint density at radius 1 is 0.333 bits per heavy atom. The van der Waals surface area contributed by atoms with Crippen molar-refractivity contribution < 1.29 is 80.2 Å². The van der Waals surface area contributed by atoms with Crippen molar-refractivity contribution in [2.45, 2.75) is 348 Å². The normalized spacial score (nSPS) is 14.5. The zero-order valence-electron chi connectivity index (χ0n) is 54.0. The van der Waals surface area contributed by atoms with E-state index in [9.17, 15) is 43.2 Å². The second-order valence-electron chi connectivity index (χ2n) is 23.7. The molecule has 0 aromatic carbocycles. The van der Waals surface area contributed by atoms with E-state index in [4.69, 9.17) is 37.0 Å². The van der Waals surface area contributed by atoms with E-state index in [0.717, 1.165) is 102 Å². The molecule has 0 aliphatic carbocycles. The number of hydrogen-bond acceptors (Lipinski definition) is 15. The second-order valence-corrected chi connectivity index (χ2v) is 26.7. The van der Waals surface area contributed by atoms with Crippen LogP contribution in [0.1, 0.15) is 330 Å². The van der Waals surface area contributed by atoms with Gasteiger partial charge in [-0.1, -0.05) is 279 Å². The first-order valence-electron chi connectivity index (χ1n) is 34.2. The van der Waals surface area contributed by atoms with Crippen LogP contribution < -0.4 is 0 Å². The Labute approximate surface area is 511 Å². The highest BCUT2D eigenvalue weighted by Crippen LogP contribution is 2.45. The number of carbonyl (C=O) groups is 4. The van der Waals surface area contributed by atoms with E-state index in [1.54, 1.807) is 0 Å². The van der Waals surface area contributed by atoms with Crippen LogP contribution in [0, 0.1) is 5.92 Å². The fourth-order valence-corrected chi connectivity index (χ4v) is 11.3. The summed E-state index contributed by atoms with van der Waals surface area (Å²) < 4.78 is 67.9. The molecule has 0 amide bonds. The summed E-state index contributed by atoms with van der Waals surface area (Å²) in [5.74, 6) is -1.34. The number of rotatable bonds is 65. The standard InChI is InChI=1S/C65H126O17P2/c1-6-10-13-16-18-20-22-23-24-26-30-34-39-44-49-63(68)76-55-61(82-65(70)51-46-41-36-32-28-27-29-33-38-42-47-58(5)9-4)57-80-84(73,74)78-53-59(66)52-77-83(71,72)79-56-60(54-75-62(67)48-43-37-15-12-8-3)81-64(69)50-45-40-35-31-25-21-19-17-14-11-7-2/h58-61,66H,6-57H2,1-5H3,(H,71,72)(H,73,74)/t58?,59-,60+,61+/m0/s1.